The van der Waals surface area contributed by atoms with Crippen LogP contribution in [0.3, 0.4) is 0 Å². The summed E-state index contributed by atoms with van der Waals surface area (Å²) in [6.07, 6.45) is -4.33. The lowest BCUT2D eigenvalue weighted by Crippen LogP contribution is -2.07. The molecule has 94 valence electrons. The van der Waals surface area contributed by atoms with E-state index in [1.807, 2.05) is 32.0 Å². The van der Waals surface area contributed by atoms with Gasteiger partial charge in [-0.15, -0.1) is 0 Å². The lowest BCUT2D eigenvalue weighted by Gasteiger charge is -2.16. The second kappa shape index (κ2) is 4.48. The lowest BCUT2D eigenvalue weighted by atomic mass is 9.92. The largest absolute Gasteiger partial charge is 0.417 e. The third-order valence-corrected chi connectivity index (χ3v) is 2.98. The van der Waals surface area contributed by atoms with Gasteiger partial charge in [0, 0.05) is 0 Å². The Morgan fingerprint density at radius 2 is 1.33 bits per heavy atom. The molecule has 18 heavy (non-hydrogen) atoms. The van der Waals surface area contributed by atoms with Crippen LogP contribution >= 0.6 is 0 Å². The molecule has 0 radical (unpaired) electrons. The van der Waals surface area contributed by atoms with Gasteiger partial charge in [-0.1, -0.05) is 36.4 Å². The van der Waals surface area contributed by atoms with E-state index in [0.717, 1.165) is 17.2 Å². The molecule has 0 spiro atoms. The zero-order valence-electron chi connectivity index (χ0n) is 10.2. The van der Waals surface area contributed by atoms with Crippen LogP contribution in [0.25, 0.3) is 11.1 Å². The minimum absolute atomic E-state index is 0.251. The van der Waals surface area contributed by atoms with E-state index >= 15 is 0 Å². The lowest BCUT2D eigenvalue weighted by molar-refractivity contribution is -0.137. The Hall–Kier alpha value is -1.77. The Labute approximate surface area is 104 Å². The van der Waals surface area contributed by atoms with Crippen LogP contribution in [-0.2, 0) is 6.18 Å². The number of rotatable bonds is 1. The van der Waals surface area contributed by atoms with E-state index in [1.165, 1.54) is 12.1 Å². The van der Waals surface area contributed by atoms with Gasteiger partial charge in [0.15, 0.2) is 0 Å². The Balaban J connectivity index is 2.73. The highest BCUT2D eigenvalue weighted by Crippen LogP contribution is 2.39. The van der Waals surface area contributed by atoms with Crippen LogP contribution in [0, 0.1) is 13.8 Å². The van der Waals surface area contributed by atoms with Crippen molar-refractivity contribution in [1.29, 1.82) is 0 Å². The predicted molar refractivity (Wildman–Crippen MR) is 66.4 cm³/mol. The first kappa shape index (κ1) is 12.7. The quantitative estimate of drug-likeness (QED) is 0.669. The predicted octanol–water partition coefficient (Wildman–Crippen LogP) is 4.99. The first-order valence-corrected chi connectivity index (χ1v) is 5.64. The molecule has 0 unspecified atom stereocenters. The fourth-order valence-electron chi connectivity index (χ4n) is 2.19. The molecule has 2 rings (SSSR count). The summed E-state index contributed by atoms with van der Waals surface area (Å²) in [5, 5.41) is 0. The average molecular weight is 250 g/mol. The summed E-state index contributed by atoms with van der Waals surface area (Å²) < 4.78 is 39.0. The van der Waals surface area contributed by atoms with E-state index in [1.54, 1.807) is 6.07 Å². The van der Waals surface area contributed by atoms with E-state index in [0.29, 0.717) is 5.56 Å². The van der Waals surface area contributed by atoms with Crippen LogP contribution in [0.1, 0.15) is 16.7 Å². The highest BCUT2D eigenvalue weighted by molar-refractivity contribution is 5.74. The van der Waals surface area contributed by atoms with Crippen molar-refractivity contribution in [3.8, 4) is 11.1 Å². The van der Waals surface area contributed by atoms with Crippen LogP contribution in [0.2, 0.25) is 0 Å². The Morgan fingerprint density at radius 3 is 1.89 bits per heavy atom. The molecule has 0 aliphatic heterocycles. The van der Waals surface area contributed by atoms with Crippen LogP contribution < -0.4 is 0 Å². The van der Waals surface area contributed by atoms with E-state index < -0.39 is 11.7 Å². The normalized spacial score (nSPS) is 11.6. The van der Waals surface area contributed by atoms with Crippen LogP contribution in [0.5, 0.6) is 0 Å². The van der Waals surface area contributed by atoms with Crippen molar-refractivity contribution in [3.63, 3.8) is 0 Å². The Morgan fingerprint density at radius 1 is 0.778 bits per heavy atom. The Kier molecular flexibility index (Phi) is 3.16. The molecule has 2 aromatic rings. The summed E-state index contributed by atoms with van der Waals surface area (Å²) in [5.41, 5.74) is 2.05. The molecule has 0 aliphatic rings. The summed E-state index contributed by atoms with van der Waals surface area (Å²) in [5.74, 6) is 0. The third-order valence-electron chi connectivity index (χ3n) is 2.98. The summed E-state index contributed by atoms with van der Waals surface area (Å²) in [6, 6.07) is 11.2. The number of benzene rings is 2. The van der Waals surface area contributed by atoms with Crippen molar-refractivity contribution in [1.82, 2.24) is 0 Å². The van der Waals surface area contributed by atoms with Gasteiger partial charge in [0.05, 0.1) is 5.56 Å². The van der Waals surface area contributed by atoms with Crippen molar-refractivity contribution in [2.45, 2.75) is 20.0 Å². The van der Waals surface area contributed by atoms with Crippen LogP contribution in [0.15, 0.2) is 42.5 Å². The SMILES string of the molecule is Cc1cccc(C)c1-c1ccccc1C(F)(F)F. The van der Waals surface area contributed by atoms with Crippen molar-refractivity contribution in [2.75, 3.05) is 0 Å². The van der Waals surface area contributed by atoms with Crippen molar-refractivity contribution in [3.05, 3.63) is 59.2 Å². The molecule has 0 atom stereocenters. The maximum Gasteiger partial charge on any atom is 0.417 e. The van der Waals surface area contributed by atoms with Gasteiger partial charge in [0.2, 0.25) is 0 Å². The number of halogens is 3. The summed E-state index contributed by atoms with van der Waals surface area (Å²) in [6.45, 7) is 3.66. The van der Waals surface area contributed by atoms with E-state index in [9.17, 15) is 13.2 Å². The molecule has 0 nitrogen and oxygen atoms in total. The van der Waals surface area contributed by atoms with Gasteiger partial charge < -0.3 is 0 Å². The Bertz CT molecular complexity index is 548. The van der Waals surface area contributed by atoms with Gasteiger partial charge in [-0.25, -0.2) is 0 Å². The van der Waals surface area contributed by atoms with Gasteiger partial charge >= 0.3 is 6.18 Å². The van der Waals surface area contributed by atoms with E-state index in [2.05, 4.69) is 0 Å². The number of hydrogen-bond acceptors (Lipinski definition) is 0. The maximum absolute atomic E-state index is 13.0. The van der Waals surface area contributed by atoms with Gasteiger partial charge in [-0.2, -0.15) is 13.2 Å². The molecular weight excluding hydrogens is 237 g/mol. The van der Waals surface area contributed by atoms with Gasteiger partial charge in [-0.3, -0.25) is 0 Å². The molecule has 0 bridgehead atoms. The smallest absolute Gasteiger partial charge is 0.166 e. The summed E-state index contributed by atoms with van der Waals surface area (Å²) in [4.78, 5) is 0. The average Bonchev–Trinajstić information content (AvgIpc) is 2.28. The highest BCUT2D eigenvalue weighted by Gasteiger charge is 2.33. The maximum atomic E-state index is 13.0. The standard InChI is InChI=1S/C15H13F3/c1-10-6-5-7-11(2)14(10)12-8-3-4-9-13(12)15(16,17)18/h3-9H,1-2H3. The molecular formula is C15H13F3. The van der Waals surface area contributed by atoms with Crippen LogP contribution in [-0.4, -0.2) is 0 Å². The molecule has 3 heteroatoms. The van der Waals surface area contributed by atoms with Crippen LogP contribution in [0.4, 0.5) is 13.2 Å². The van der Waals surface area contributed by atoms with Crippen molar-refractivity contribution < 1.29 is 13.2 Å². The zero-order valence-corrected chi connectivity index (χ0v) is 10.2. The number of aryl methyl sites for hydroxylation is 2. The van der Waals surface area contributed by atoms with E-state index in [4.69, 9.17) is 0 Å². The molecule has 0 N–H and O–H groups in total. The van der Waals surface area contributed by atoms with Gasteiger partial charge in [-0.05, 0) is 42.2 Å². The molecule has 2 aromatic carbocycles. The molecule has 0 amide bonds. The molecule has 0 heterocycles. The van der Waals surface area contributed by atoms with E-state index in [-0.39, 0.29) is 5.56 Å². The minimum Gasteiger partial charge on any atom is -0.166 e. The first-order chi connectivity index (χ1) is 8.41. The zero-order chi connectivity index (χ0) is 13.3. The second-order valence-corrected chi connectivity index (χ2v) is 4.31. The molecule has 0 aliphatic carbocycles. The monoisotopic (exact) mass is 250 g/mol. The van der Waals surface area contributed by atoms with Crippen molar-refractivity contribution >= 4 is 0 Å². The van der Waals surface area contributed by atoms with Crippen molar-refractivity contribution in [2.24, 2.45) is 0 Å². The summed E-state index contributed by atoms with van der Waals surface area (Å²) in [7, 11) is 0. The fraction of sp³-hybridized carbons (Fsp3) is 0.200. The summed E-state index contributed by atoms with van der Waals surface area (Å²) >= 11 is 0. The molecule has 0 saturated heterocycles. The third kappa shape index (κ3) is 2.26. The second-order valence-electron chi connectivity index (χ2n) is 4.31. The molecule has 0 aromatic heterocycles. The minimum atomic E-state index is -4.33. The fourth-order valence-corrected chi connectivity index (χ4v) is 2.19. The highest BCUT2D eigenvalue weighted by atomic mass is 19.4. The van der Waals surface area contributed by atoms with Gasteiger partial charge in [0.1, 0.15) is 0 Å². The first-order valence-electron chi connectivity index (χ1n) is 5.64. The molecule has 0 saturated carbocycles. The number of alkyl halides is 3. The van der Waals surface area contributed by atoms with Gasteiger partial charge in [0.25, 0.3) is 0 Å². The molecule has 0 fully saturated rings. The number of hydrogen-bond donors (Lipinski definition) is 0. The topological polar surface area (TPSA) is 0 Å².